The van der Waals surface area contributed by atoms with Gasteiger partial charge in [-0.15, -0.1) is 23.2 Å². The van der Waals surface area contributed by atoms with Crippen LogP contribution in [0.15, 0.2) is 0 Å². The van der Waals surface area contributed by atoms with Gasteiger partial charge >= 0.3 is 0 Å². The summed E-state index contributed by atoms with van der Waals surface area (Å²) in [5.74, 6) is 0. The molecule has 21 heavy (non-hydrogen) atoms. The van der Waals surface area contributed by atoms with Crippen LogP contribution in [0.5, 0.6) is 0 Å². The first-order valence-corrected chi connectivity index (χ1v) is 10.1. The van der Waals surface area contributed by atoms with Crippen LogP contribution < -0.4 is 0 Å². The average molecular weight is 460 g/mol. The first-order chi connectivity index (χ1) is 9.49. The SMILES string of the molecule is Cl[C@H](CCCCCCC[C@H](Cl)CC(Cl)(Cl)Cl)CC(Cl)(Cl)Cl. The third-order valence-electron chi connectivity index (χ3n) is 2.94. The zero-order valence-corrected chi connectivity index (χ0v) is 17.6. The van der Waals surface area contributed by atoms with Gasteiger partial charge in [0.25, 0.3) is 0 Å². The van der Waals surface area contributed by atoms with Gasteiger partial charge in [-0.3, -0.25) is 0 Å². The van der Waals surface area contributed by atoms with E-state index in [1.807, 2.05) is 0 Å². The summed E-state index contributed by atoms with van der Waals surface area (Å²) < 4.78 is -2.52. The topological polar surface area (TPSA) is 0 Å². The largest absolute Gasteiger partial charge is 0.192 e. The predicted octanol–water partition coefficient (Wildman–Crippen LogP) is 8.45. The van der Waals surface area contributed by atoms with E-state index in [1.54, 1.807) is 0 Å². The minimum atomic E-state index is -1.26. The third kappa shape index (κ3) is 18.5. The summed E-state index contributed by atoms with van der Waals surface area (Å²) in [7, 11) is 0. The smallest absolute Gasteiger partial charge is 0.123 e. The lowest BCUT2D eigenvalue weighted by Crippen LogP contribution is -2.11. The molecule has 0 aliphatic heterocycles. The van der Waals surface area contributed by atoms with E-state index in [-0.39, 0.29) is 10.8 Å². The molecule has 0 aromatic heterocycles. The minimum absolute atomic E-state index is 0.0889. The normalized spacial score (nSPS) is 16.0. The summed E-state index contributed by atoms with van der Waals surface area (Å²) in [6.07, 6.45) is 7.91. The summed E-state index contributed by atoms with van der Waals surface area (Å²) in [6.45, 7) is 0. The molecule has 0 unspecified atom stereocenters. The van der Waals surface area contributed by atoms with Crippen molar-refractivity contribution in [2.75, 3.05) is 0 Å². The van der Waals surface area contributed by atoms with Crippen LogP contribution in [0.4, 0.5) is 0 Å². The maximum atomic E-state index is 6.10. The van der Waals surface area contributed by atoms with Crippen molar-refractivity contribution in [1.82, 2.24) is 0 Å². The summed E-state index contributed by atoms with van der Waals surface area (Å²) in [4.78, 5) is 0. The Morgan fingerprint density at radius 1 is 0.524 bits per heavy atom. The van der Waals surface area contributed by atoms with Crippen molar-refractivity contribution in [3.05, 3.63) is 0 Å². The van der Waals surface area contributed by atoms with Crippen molar-refractivity contribution in [2.24, 2.45) is 0 Å². The van der Waals surface area contributed by atoms with E-state index >= 15 is 0 Å². The second-order valence-corrected chi connectivity index (χ2v) is 11.4. The molecule has 0 nitrogen and oxygen atoms in total. The average Bonchev–Trinajstić information content (AvgIpc) is 2.22. The minimum Gasteiger partial charge on any atom is -0.123 e. The number of unbranched alkanes of at least 4 members (excludes halogenated alkanes) is 4. The van der Waals surface area contributed by atoms with E-state index in [9.17, 15) is 0 Å². The van der Waals surface area contributed by atoms with Gasteiger partial charge in [0, 0.05) is 23.6 Å². The molecule has 0 aromatic rings. The highest BCUT2D eigenvalue weighted by molar-refractivity contribution is 6.68. The Hall–Kier alpha value is 2.32. The number of hydrogen-bond acceptors (Lipinski definition) is 0. The Labute approximate surface area is 168 Å². The van der Waals surface area contributed by atoms with Crippen LogP contribution in [-0.4, -0.2) is 18.3 Å². The highest BCUT2D eigenvalue weighted by Crippen LogP contribution is 2.35. The lowest BCUT2D eigenvalue weighted by molar-refractivity contribution is 0.552. The van der Waals surface area contributed by atoms with Crippen LogP contribution in [0.3, 0.4) is 0 Å². The summed E-state index contributed by atoms with van der Waals surface area (Å²) in [5.41, 5.74) is 0. The lowest BCUT2D eigenvalue weighted by atomic mass is 10.1. The molecule has 2 atom stereocenters. The Bertz CT molecular complexity index is 232. The van der Waals surface area contributed by atoms with Gasteiger partial charge in [-0.05, 0) is 12.8 Å². The van der Waals surface area contributed by atoms with Crippen molar-refractivity contribution in [3.8, 4) is 0 Å². The molecule has 0 aliphatic rings. The van der Waals surface area contributed by atoms with Gasteiger partial charge in [0.2, 0.25) is 0 Å². The van der Waals surface area contributed by atoms with Gasteiger partial charge in [-0.25, -0.2) is 0 Å². The molecule has 0 saturated carbocycles. The molecule has 0 rings (SSSR count). The fourth-order valence-electron chi connectivity index (χ4n) is 1.97. The quantitative estimate of drug-likeness (QED) is 0.227. The zero-order valence-electron chi connectivity index (χ0n) is 11.5. The molecule has 0 aromatic carbocycles. The monoisotopic (exact) mass is 456 g/mol. The zero-order chi connectivity index (χ0) is 16.5. The molecule has 0 aliphatic carbocycles. The molecule has 0 N–H and O–H groups in total. The van der Waals surface area contributed by atoms with Crippen molar-refractivity contribution < 1.29 is 0 Å². The number of alkyl halides is 8. The standard InChI is InChI=1S/C13H20Cl8/c14-10(8-12(16,17)18)6-4-2-1-3-5-7-11(15)9-13(19,20)21/h10-11H,1-9H2/t10-,11+. The van der Waals surface area contributed by atoms with Gasteiger partial charge in [-0.2, -0.15) is 0 Å². The number of rotatable bonds is 10. The maximum absolute atomic E-state index is 6.10. The first kappa shape index (κ1) is 23.3. The van der Waals surface area contributed by atoms with E-state index in [0.29, 0.717) is 12.8 Å². The van der Waals surface area contributed by atoms with Gasteiger partial charge in [-0.1, -0.05) is 102 Å². The summed E-state index contributed by atoms with van der Waals surface area (Å²) in [5, 5.41) is -0.178. The fraction of sp³-hybridized carbons (Fsp3) is 1.00. The molecule has 0 amide bonds. The third-order valence-corrected chi connectivity index (χ3v) is 4.61. The molecule has 8 heteroatoms. The van der Waals surface area contributed by atoms with Crippen molar-refractivity contribution in [3.63, 3.8) is 0 Å². The van der Waals surface area contributed by atoms with Crippen molar-refractivity contribution in [2.45, 2.75) is 76.1 Å². The lowest BCUT2D eigenvalue weighted by Gasteiger charge is -2.16. The Kier molecular flexibility index (Phi) is 13.1. The molecule has 0 spiro atoms. The first-order valence-electron chi connectivity index (χ1n) is 6.91. The van der Waals surface area contributed by atoms with Crippen LogP contribution >= 0.6 is 92.8 Å². The molecule has 0 saturated heterocycles. The second-order valence-electron chi connectivity index (χ2n) is 5.18. The molecule has 0 radical (unpaired) electrons. The summed E-state index contributed by atoms with van der Waals surface area (Å²) in [6, 6.07) is 0. The fourth-order valence-corrected chi connectivity index (χ4v) is 4.33. The van der Waals surface area contributed by atoms with E-state index in [0.717, 1.165) is 44.9 Å². The predicted molar refractivity (Wildman–Crippen MR) is 101 cm³/mol. The Morgan fingerprint density at radius 3 is 1.10 bits per heavy atom. The summed E-state index contributed by atoms with van der Waals surface area (Å²) >= 11 is 46.3. The van der Waals surface area contributed by atoms with E-state index < -0.39 is 7.59 Å². The highest BCUT2D eigenvalue weighted by atomic mass is 35.6. The van der Waals surface area contributed by atoms with Crippen LogP contribution in [0.2, 0.25) is 0 Å². The van der Waals surface area contributed by atoms with Crippen LogP contribution in [-0.2, 0) is 0 Å². The van der Waals surface area contributed by atoms with E-state index in [1.165, 1.54) is 0 Å². The second kappa shape index (κ2) is 11.8. The van der Waals surface area contributed by atoms with Gasteiger partial charge < -0.3 is 0 Å². The van der Waals surface area contributed by atoms with Crippen LogP contribution in [0.1, 0.15) is 57.8 Å². The Balaban J connectivity index is 3.45. The van der Waals surface area contributed by atoms with Gasteiger partial charge in [0.1, 0.15) is 0 Å². The molecular formula is C13H20Cl8. The van der Waals surface area contributed by atoms with Gasteiger partial charge in [0.05, 0.1) is 0 Å². The van der Waals surface area contributed by atoms with Crippen LogP contribution in [0.25, 0.3) is 0 Å². The molecule has 128 valence electrons. The highest BCUT2D eigenvalue weighted by Gasteiger charge is 2.24. The van der Waals surface area contributed by atoms with Crippen molar-refractivity contribution >= 4 is 92.8 Å². The maximum Gasteiger partial charge on any atom is 0.192 e. The Morgan fingerprint density at radius 2 is 0.810 bits per heavy atom. The van der Waals surface area contributed by atoms with Crippen LogP contribution in [0, 0.1) is 0 Å². The molecule has 0 heterocycles. The van der Waals surface area contributed by atoms with E-state index in [2.05, 4.69) is 0 Å². The number of hydrogen-bond donors (Lipinski definition) is 0. The van der Waals surface area contributed by atoms with Gasteiger partial charge in [0.15, 0.2) is 7.59 Å². The number of halogens is 8. The molecule has 0 bridgehead atoms. The van der Waals surface area contributed by atoms with E-state index in [4.69, 9.17) is 92.8 Å². The van der Waals surface area contributed by atoms with Crippen molar-refractivity contribution in [1.29, 1.82) is 0 Å². The molecular weight excluding hydrogens is 440 g/mol. The molecule has 0 fully saturated rings.